The van der Waals surface area contributed by atoms with Crippen molar-refractivity contribution in [2.24, 2.45) is 5.73 Å². The van der Waals surface area contributed by atoms with Crippen LogP contribution in [0.3, 0.4) is 0 Å². The lowest BCUT2D eigenvalue weighted by molar-refractivity contribution is 0.0635. The molecule has 0 bridgehead atoms. The van der Waals surface area contributed by atoms with Gasteiger partial charge in [-0.3, -0.25) is 10.1 Å². The molecule has 0 spiro atoms. The van der Waals surface area contributed by atoms with Crippen LogP contribution in [-0.2, 0) is 4.74 Å². The summed E-state index contributed by atoms with van der Waals surface area (Å²) in [5.41, 5.74) is 4.73. The van der Waals surface area contributed by atoms with Crippen molar-refractivity contribution in [1.29, 1.82) is 0 Å². The van der Waals surface area contributed by atoms with E-state index >= 15 is 0 Å². The van der Waals surface area contributed by atoms with Crippen LogP contribution >= 0.6 is 0 Å². The highest BCUT2D eigenvalue weighted by molar-refractivity contribution is 5.95. The van der Waals surface area contributed by atoms with E-state index in [4.69, 9.17) is 10.5 Å². The van der Waals surface area contributed by atoms with Crippen LogP contribution in [0.4, 0.5) is 10.5 Å². The third-order valence-electron chi connectivity index (χ3n) is 1.92. The molecule has 0 radical (unpaired) electrons. The van der Waals surface area contributed by atoms with Gasteiger partial charge in [-0.05, 0) is 39.0 Å². The van der Waals surface area contributed by atoms with Gasteiger partial charge in [-0.2, -0.15) is 0 Å². The van der Waals surface area contributed by atoms with Crippen LogP contribution in [0.25, 0.3) is 0 Å². The van der Waals surface area contributed by atoms with Gasteiger partial charge in [-0.15, -0.1) is 0 Å². The molecule has 0 saturated heterocycles. The second-order valence-corrected chi connectivity index (χ2v) is 4.72. The van der Waals surface area contributed by atoms with Crippen LogP contribution in [0.1, 0.15) is 31.1 Å². The summed E-state index contributed by atoms with van der Waals surface area (Å²) in [6.45, 7) is 5.17. The summed E-state index contributed by atoms with van der Waals surface area (Å²) in [6.07, 6.45) is -0.690. The van der Waals surface area contributed by atoms with E-state index in [0.29, 0.717) is 0 Å². The number of ether oxygens (including phenoxy) is 1. The van der Waals surface area contributed by atoms with E-state index in [0.717, 1.165) is 0 Å². The van der Waals surface area contributed by atoms with Gasteiger partial charge < -0.3 is 15.6 Å². The topological polar surface area (TPSA) is 102 Å². The van der Waals surface area contributed by atoms with Crippen LogP contribution in [0, 0.1) is 0 Å². The SMILES string of the molecule is CC(C)(C)OC(=O)Nc1ccc(C(N)=O)cc1O. The molecule has 2 amide bonds. The first-order chi connectivity index (χ1) is 8.19. The molecule has 0 unspecified atom stereocenters. The van der Waals surface area contributed by atoms with Gasteiger partial charge >= 0.3 is 6.09 Å². The molecule has 0 aliphatic rings. The lowest BCUT2D eigenvalue weighted by Gasteiger charge is -2.19. The number of aromatic hydroxyl groups is 1. The summed E-state index contributed by atoms with van der Waals surface area (Å²) < 4.78 is 5.02. The molecule has 0 aliphatic heterocycles. The summed E-state index contributed by atoms with van der Waals surface area (Å²) in [6, 6.07) is 3.95. The second kappa shape index (κ2) is 4.95. The fraction of sp³-hybridized carbons (Fsp3) is 0.333. The van der Waals surface area contributed by atoms with Crippen molar-refractivity contribution in [3.05, 3.63) is 23.8 Å². The predicted octanol–water partition coefficient (Wildman–Crippen LogP) is 1.84. The van der Waals surface area contributed by atoms with E-state index in [-0.39, 0.29) is 17.0 Å². The van der Waals surface area contributed by atoms with Gasteiger partial charge in [-0.25, -0.2) is 4.79 Å². The molecule has 18 heavy (non-hydrogen) atoms. The lowest BCUT2D eigenvalue weighted by atomic mass is 10.2. The molecule has 6 heteroatoms. The van der Waals surface area contributed by atoms with Crippen molar-refractivity contribution in [1.82, 2.24) is 0 Å². The predicted molar refractivity (Wildman–Crippen MR) is 66.5 cm³/mol. The number of benzene rings is 1. The highest BCUT2D eigenvalue weighted by atomic mass is 16.6. The van der Waals surface area contributed by atoms with Crippen molar-refractivity contribution in [3.8, 4) is 5.75 Å². The standard InChI is InChI=1S/C12H16N2O4/c1-12(2,3)18-11(17)14-8-5-4-7(10(13)16)6-9(8)15/h4-6,15H,1-3H3,(H2,13,16)(H,14,17). The fourth-order valence-electron chi connectivity index (χ4n) is 1.20. The molecule has 0 heterocycles. The Morgan fingerprint density at radius 2 is 1.94 bits per heavy atom. The summed E-state index contributed by atoms with van der Waals surface area (Å²) >= 11 is 0. The number of anilines is 1. The van der Waals surface area contributed by atoms with Gasteiger partial charge in [0.25, 0.3) is 0 Å². The Labute approximate surface area is 105 Å². The highest BCUT2D eigenvalue weighted by Crippen LogP contribution is 2.24. The maximum Gasteiger partial charge on any atom is 0.412 e. The van der Waals surface area contributed by atoms with Gasteiger partial charge in [0.15, 0.2) is 0 Å². The maximum atomic E-state index is 11.5. The Morgan fingerprint density at radius 3 is 2.39 bits per heavy atom. The summed E-state index contributed by atoms with van der Waals surface area (Å²) in [4.78, 5) is 22.3. The average Bonchev–Trinajstić information content (AvgIpc) is 2.17. The van der Waals surface area contributed by atoms with Crippen molar-refractivity contribution >= 4 is 17.7 Å². The van der Waals surface area contributed by atoms with Crippen LogP contribution in [0.2, 0.25) is 0 Å². The number of primary amides is 1. The van der Waals surface area contributed by atoms with Crippen molar-refractivity contribution in [2.75, 3.05) is 5.32 Å². The van der Waals surface area contributed by atoms with Crippen LogP contribution < -0.4 is 11.1 Å². The Hall–Kier alpha value is -2.24. The number of carbonyl (C=O) groups excluding carboxylic acids is 2. The first-order valence-electron chi connectivity index (χ1n) is 5.32. The number of phenols is 1. The molecule has 1 aromatic carbocycles. The van der Waals surface area contributed by atoms with Crippen molar-refractivity contribution in [2.45, 2.75) is 26.4 Å². The van der Waals surface area contributed by atoms with Crippen molar-refractivity contribution < 1.29 is 19.4 Å². The van der Waals surface area contributed by atoms with Crippen LogP contribution in [0.5, 0.6) is 5.75 Å². The van der Waals surface area contributed by atoms with Gasteiger partial charge in [0, 0.05) is 5.56 Å². The smallest absolute Gasteiger partial charge is 0.412 e. The Bertz CT molecular complexity index is 477. The maximum absolute atomic E-state index is 11.5. The molecular weight excluding hydrogens is 236 g/mol. The molecule has 0 aliphatic carbocycles. The number of amides is 2. The molecular formula is C12H16N2O4. The molecule has 0 fully saturated rings. The minimum Gasteiger partial charge on any atom is -0.506 e. The number of hydrogen-bond acceptors (Lipinski definition) is 4. The van der Waals surface area contributed by atoms with Crippen LogP contribution in [-0.4, -0.2) is 22.7 Å². The van der Waals surface area contributed by atoms with E-state index in [2.05, 4.69) is 5.32 Å². The number of hydrogen-bond donors (Lipinski definition) is 3. The summed E-state index contributed by atoms with van der Waals surface area (Å²) in [5.74, 6) is -0.911. The fourth-order valence-corrected chi connectivity index (χ4v) is 1.20. The third-order valence-corrected chi connectivity index (χ3v) is 1.92. The summed E-state index contributed by atoms with van der Waals surface area (Å²) in [7, 11) is 0. The molecule has 98 valence electrons. The molecule has 0 atom stereocenters. The lowest BCUT2D eigenvalue weighted by Crippen LogP contribution is -2.27. The monoisotopic (exact) mass is 252 g/mol. The van der Waals surface area contributed by atoms with Gasteiger partial charge in [-0.1, -0.05) is 0 Å². The first-order valence-corrected chi connectivity index (χ1v) is 5.32. The quantitative estimate of drug-likeness (QED) is 0.699. The number of carbonyl (C=O) groups is 2. The minimum absolute atomic E-state index is 0.147. The largest absolute Gasteiger partial charge is 0.506 e. The Kier molecular flexibility index (Phi) is 3.80. The third kappa shape index (κ3) is 3.97. The molecule has 1 rings (SSSR count). The van der Waals surface area contributed by atoms with E-state index in [1.807, 2.05) is 0 Å². The van der Waals surface area contributed by atoms with Crippen LogP contribution in [0.15, 0.2) is 18.2 Å². The molecule has 0 aromatic heterocycles. The molecule has 6 nitrogen and oxygen atoms in total. The normalized spacial score (nSPS) is 10.8. The first kappa shape index (κ1) is 13.8. The van der Waals surface area contributed by atoms with Gasteiger partial charge in [0.05, 0.1) is 5.69 Å². The number of nitrogens with two attached hydrogens (primary N) is 1. The van der Waals surface area contributed by atoms with E-state index in [9.17, 15) is 14.7 Å². The second-order valence-electron chi connectivity index (χ2n) is 4.72. The molecule has 4 N–H and O–H groups in total. The highest BCUT2D eigenvalue weighted by Gasteiger charge is 2.17. The number of nitrogens with one attached hydrogen (secondary N) is 1. The van der Waals surface area contributed by atoms with E-state index in [1.54, 1.807) is 20.8 Å². The number of phenolic OH excluding ortho intramolecular Hbond substituents is 1. The number of rotatable bonds is 2. The Balaban J connectivity index is 2.80. The van der Waals surface area contributed by atoms with E-state index in [1.165, 1.54) is 18.2 Å². The zero-order chi connectivity index (χ0) is 13.9. The van der Waals surface area contributed by atoms with Crippen molar-refractivity contribution in [3.63, 3.8) is 0 Å². The van der Waals surface area contributed by atoms with Gasteiger partial charge in [0.2, 0.25) is 5.91 Å². The summed E-state index contributed by atoms with van der Waals surface area (Å²) in [5, 5.41) is 12.0. The Morgan fingerprint density at radius 1 is 1.33 bits per heavy atom. The van der Waals surface area contributed by atoms with Gasteiger partial charge in [0.1, 0.15) is 11.4 Å². The minimum atomic E-state index is -0.690. The zero-order valence-electron chi connectivity index (χ0n) is 10.5. The zero-order valence-corrected chi connectivity index (χ0v) is 10.5. The molecule has 0 saturated carbocycles. The molecule has 1 aromatic rings. The van der Waals surface area contributed by atoms with E-state index < -0.39 is 17.6 Å². The average molecular weight is 252 g/mol.